The number of hydrogen-bond acceptors (Lipinski definition) is 3. The molecule has 2 fully saturated rings. The minimum Gasteiger partial charge on any atom is -0.377 e. The minimum atomic E-state index is 0.397. The summed E-state index contributed by atoms with van der Waals surface area (Å²) in [6.45, 7) is 6.25. The van der Waals surface area contributed by atoms with Crippen molar-refractivity contribution >= 4 is 0 Å². The zero-order chi connectivity index (χ0) is 10.7. The highest BCUT2D eigenvalue weighted by Crippen LogP contribution is 2.31. The topological polar surface area (TPSA) is 38.5 Å². The first-order chi connectivity index (χ1) is 7.35. The van der Waals surface area contributed by atoms with Crippen LogP contribution in [0.3, 0.4) is 0 Å². The van der Waals surface area contributed by atoms with Crippen molar-refractivity contribution in [2.24, 2.45) is 11.7 Å². The standard InChI is InChI=1S/C12H24N2O/c1-2-14(9-10-5-6-10)11(8-13)12-4-3-7-15-12/h10-12H,2-9,13H2,1H3. The van der Waals surface area contributed by atoms with Gasteiger partial charge < -0.3 is 10.5 Å². The third-order valence-electron chi connectivity index (χ3n) is 3.70. The molecular formula is C12H24N2O. The van der Waals surface area contributed by atoms with Crippen LogP contribution in [0.15, 0.2) is 0 Å². The van der Waals surface area contributed by atoms with Crippen molar-refractivity contribution in [3.05, 3.63) is 0 Å². The smallest absolute Gasteiger partial charge is 0.0743 e. The van der Waals surface area contributed by atoms with Gasteiger partial charge in [-0.25, -0.2) is 0 Å². The van der Waals surface area contributed by atoms with Crippen LogP contribution in [0.4, 0.5) is 0 Å². The predicted octanol–water partition coefficient (Wildman–Crippen LogP) is 1.22. The summed E-state index contributed by atoms with van der Waals surface area (Å²) in [6, 6.07) is 0.457. The van der Waals surface area contributed by atoms with Crippen molar-refractivity contribution in [3.8, 4) is 0 Å². The molecule has 0 aromatic carbocycles. The summed E-state index contributed by atoms with van der Waals surface area (Å²) in [5, 5.41) is 0. The van der Waals surface area contributed by atoms with Crippen molar-refractivity contribution in [1.29, 1.82) is 0 Å². The van der Waals surface area contributed by atoms with Crippen LogP contribution >= 0.6 is 0 Å². The van der Waals surface area contributed by atoms with E-state index in [1.54, 1.807) is 0 Å². The molecule has 3 nitrogen and oxygen atoms in total. The Morgan fingerprint density at radius 3 is 2.67 bits per heavy atom. The summed E-state index contributed by atoms with van der Waals surface area (Å²) in [5.74, 6) is 0.945. The van der Waals surface area contributed by atoms with E-state index in [0.717, 1.165) is 25.6 Å². The Bertz CT molecular complexity index is 188. The highest BCUT2D eigenvalue weighted by molar-refractivity contribution is 4.87. The molecule has 88 valence electrons. The Morgan fingerprint density at radius 1 is 1.40 bits per heavy atom. The summed E-state index contributed by atoms with van der Waals surface area (Å²) < 4.78 is 5.77. The lowest BCUT2D eigenvalue weighted by Crippen LogP contribution is -2.48. The second-order valence-corrected chi connectivity index (χ2v) is 4.89. The van der Waals surface area contributed by atoms with Gasteiger partial charge in [-0.1, -0.05) is 6.92 Å². The van der Waals surface area contributed by atoms with Crippen LogP contribution in [0, 0.1) is 5.92 Å². The van der Waals surface area contributed by atoms with Gasteiger partial charge in [0.2, 0.25) is 0 Å². The van der Waals surface area contributed by atoms with Crippen LogP contribution in [0.5, 0.6) is 0 Å². The quantitative estimate of drug-likeness (QED) is 0.719. The van der Waals surface area contributed by atoms with E-state index in [9.17, 15) is 0 Å². The lowest BCUT2D eigenvalue weighted by Gasteiger charge is -2.33. The maximum Gasteiger partial charge on any atom is 0.0743 e. The summed E-state index contributed by atoms with van der Waals surface area (Å²) in [4.78, 5) is 2.54. The molecule has 1 aliphatic heterocycles. The van der Waals surface area contributed by atoms with Gasteiger partial charge in [0.05, 0.1) is 6.10 Å². The van der Waals surface area contributed by atoms with Crippen molar-refractivity contribution < 1.29 is 4.74 Å². The van der Waals surface area contributed by atoms with Crippen LogP contribution < -0.4 is 5.73 Å². The number of hydrogen-bond donors (Lipinski definition) is 1. The maximum atomic E-state index is 5.90. The highest BCUT2D eigenvalue weighted by Gasteiger charge is 2.32. The van der Waals surface area contributed by atoms with E-state index in [1.165, 1.54) is 32.2 Å². The molecule has 1 saturated heterocycles. The molecule has 0 amide bonds. The number of rotatable bonds is 6. The van der Waals surface area contributed by atoms with E-state index in [0.29, 0.717) is 12.1 Å². The lowest BCUT2D eigenvalue weighted by atomic mass is 10.1. The van der Waals surface area contributed by atoms with Crippen LogP contribution in [-0.4, -0.2) is 43.3 Å². The van der Waals surface area contributed by atoms with Gasteiger partial charge in [-0.15, -0.1) is 0 Å². The average molecular weight is 212 g/mol. The third-order valence-corrected chi connectivity index (χ3v) is 3.70. The van der Waals surface area contributed by atoms with Gasteiger partial charge in [0.15, 0.2) is 0 Å². The van der Waals surface area contributed by atoms with Gasteiger partial charge in [0, 0.05) is 25.7 Å². The molecule has 1 aliphatic carbocycles. The molecule has 1 heterocycles. The first-order valence-corrected chi connectivity index (χ1v) is 6.40. The van der Waals surface area contributed by atoms with Gasteiger partial charge in [-0.05, 0) is 38.1 Å². The van der Waals surface area contributed by atoms with Crippen LogP contribution in [-0.2, 0) is 4.74 Å². The minimum absolute atomic E-state index is 0.397. The second kappa shape index (κ2) is 5.28. The van der Waals surface area contributed by atoms with Crippen LogP contribution in [0.1, 0.15) is 32.6 Å². The molecule has 1 saturated carbocycles. The Hall–Kier alpha value is -0.120. The zero-order valence-corrected chi connectivity index (χ0v) is 9.82. The summed E-state index contributed by atoms with van der Waals surface area (Å²) in [5.41, 5.74) is 5.90. The molecule has 15 heavy (non-hydrogen) atoms. The van der Waals surface area contributed by atoms with Crippen molar-refractivity contribution in [2.45, 2.75) is 44.8 Å². The molecule has 3 heteroatoms. The Kier molecular flexibility index (Phi) is 4.00. The van der Waals surface area contributed by atoms with Gasteiger partial charge >= 0.3 is 0 Å². The lowest BCUT2D eigenvalue weighted by molar-refractivity contribution is 0.0273. The van der Waals surface area contributed by atoms with Gasteiger partial charge in [0.25, 0.3) is 0 Å². The number of nitrogens with two attached hydrogens (primary N) is 1. The van der Waals surface area contributed by atoms with Gasteiger partial charge in [-0.2, -0.15) is 0 Å². The molecule has 2 aliphatic rings. The summed E-state index contributed by atoms with van der Waals surface area (Å²) >= 11 is 0. The normalized spacial score (nSPS) is 28.6. The fraction of sp³-hybridized carbons (Fsp3) is 1.00. The Balaban J connectivity index is 1.88. The fourth-order valence-electron chi connectivity index (χ4n) is 2.57. The van der Waals surface area contributed by atoms with E-state index in [2.05, 4.69) is 11.8 Å². The Labute approximate surface area is 93.0 Å². The molecule has 2 atom stereocenters. The van der Waals surface area contributed by atoms with Crippen LogP contribution in [0.25, 0.3) is 0 Å². The second-order valence-electron chi connectivity index (χ2n) is 4.89. The number of ether oxygens (including phenoxy) is 1. The molecular weight excluding hydrogens is 188 g/mol. The molecule has 0 aromatic rings. The zero-order valence-electron chi connectivity index (χ0n) is 9.82. The van der Waals surface area contributed by atoms with E-state index in [4.69, 9.17) is 10.5 Å². The molecule has 0 radical (unpaired) electrons. The first-order valence-electron chi connectivity index (χ1n) is 6.40. The van der Waals surface area contributed by atoms with Gasteiger partial charge in [0.1, 0.15) is 0 Å². The molecule has 2 rings (SSSR count). The predicted molar refractivity (Wildman–Crippen MR) is 61.8 cm³/mol. The summed E-state index contributed by atoms with van der Waals surface area (Å²) in [7, 11) is 0. The monoisotopic (exact) mass is 212 g/mol. The fourth-order valence-corrected chi connectivity index (χ4v) is 2.57. The molecule has 0 aromatic heterocycles. The van der Waals surface area contributed by atoms with Crippen molar-refractivity contribution in [1.82, 2.24) is 4.90 Å². The van der Waals surface area contributed by atoms with E-state index >= 15 is 0 Å². The van der Waals surface area contributed by atoms with E-state index in [-0.39, 0.29) is 0 Å². The van der Waals surface area contributed by atoms with E-state index in [1.807, 2.05) is 0 Å². The maximum absolute atomic E-state index is 5.90. The molecule has 2 unspecified atom stereocenters. The highest BCUT2D eigenvalue weighted by atomic mass is 16.5. The van der Waals surface area contributed by atoms with E-state index < -0.39 is 0 Å². The summed E-state index contributed by atoms with van der Waals surface area (Å²) in [6.07, 6.45) is 5.64. The SMILES string of the molecule is CCN(CC1CC1)C(CN)C1CCCO1. The number of nitrogens with zero attached hydrogens (tertiary/aromatic N) is 1. The molecule has 2 N–H and O–H groups in total. The third kappa shape index (κ3) is 2.92. The van der Waals surface area contributed by atoms with Crippen molar-refractivity contribution in [3.63, 3.8) is 0 Å². The molecule has 0 spiro atoms. The van der Waals surface area contributed by atoms with Gasteiger partial charge in [-0.3, -0.25) is 4.90 Å². The number of likely N-dealkylation sites (N-methyl/N-ethyl adjacent to an activating group) is 1. The van der Waals surface area contributed by atoms with Crippen molar-refractivity contribution in [2.75, 3.05) is 26.2 Å². The first kappa shape index (κ1) is 11.4. The largest absolute Gasteiger partial charge is 0.377 e. The average Bonchev–Trinajstić information content (AvgIpc) is 2.91. The van der Waals surface area contributed by atoms with Crippen LogP contribution in [0.2, 0.25) is 0 Å². The molecule has 0 bridgehead atoms. The Morgan fingerprint density at radius 2 is 2.20 bits per heavy atom.